The number of nitrogens with one attached hydrogen (secondary N) is 2. The van der Waals surface area contributed by atoms with Crippen LogP contribution in [0.2, 0.25) is 0 Å². The van der Waals surface area contributed by atoms with E-state index in [1.807, 2.05) is 49.6 Å². The summed E-state index contributed by atoms with van der Waals surface area (Å²) < 4.78 is 1.07. The fraction of sp³-hybridized carbons (Fsp3) is 0.267. The van der Waals surface area contributed by atoms with Crippen molar-refractivity contribution < 1.29 is 4.79 Å². The van der Waals surface area contributed by atoms with Crippen molar-refractivity contribution in [2.24, 2.45) is 0 Å². The number of carbonyl (C=O) groups excluding carboxylic acids is 1. The number of anilines is 1. The summed E-state index contributed by atoms with van der Waals surface area (Å²) in [5.41, 5.74) is 2.09. The number of benzene rings is 1. The summed E-state index contributed by atoms with van der Waals surface area (Å²) in [7, 11) is 0. The van der Waals surface area contributed by atoms with Crippen molar-refractivity contribution in [2.45, 2.75) is 26.4 Å². The molecule has 1 amide bonds. The lowest BCUT2D eigenvalue weighted by atomic mass is 10.2. The first kappa shape index (κ1) is 15.1. The fourth-order valence-electron chi connectivity index (χ4n) is 1.79. The second-order valence-electron chi connectivity index (χ2n) is 4.63. The third-order valence-corrected chi connectivity index (χ3v) is 4.72. The average molecular weight is 353 g/mol. The molecule has 0 spiro atoms. The van der Waals surface area contributed by atoms with Crippen molar-refractivity contribution in [1.29, 1.82) is 0 Å². The Morgan fingerprint density at radius 3 is 2.85 bits per heavy atom. The van der Waals surface area contributed by atoms with Gasteiger partial charge in [-0.25, -0.2) is 0 Å². The molecule has 0 saturated carbocycles. The number of rotatable bonds is 5. The molecule has 0 saturated heterocycles. The maximum atomic E-state index is 12.0. The van der Waals surface area contributed by atoms with Crippen molar-refractivity contribution >= 4 is 38.9 Å². The second-order valence-corrected chi connectivity index (χ2v) is 6.51. The number of thiophene rings is 1. The van der Waals surface area contributed by atoms with E-state index in [0.717, 1.165) is 20.6 Å². The van der Waals surface area contributed by atoms with Crippen molar-refractivity contribution in [3.8, 4) is 0 Å². The van der Waals surface area contributed by atoms with Crippen LogP contribution in [0, 0.1) is 6.92 Å². The van der Waals surface area contributed by atoms with Gasteiger partial charge >= 0.3 is 0 Å². The highest BCUT2D eigenvalue weighted by Gasteiger charge is 2.12. The predicted molar refractivity (Wildman–Crippen MR) is 88.1 cm³/mol. The van der Waals surface area contributed by atoms with Crippen molar-refractivity contribution in [1.82, 2.24) is 5.32 Å². The highest BCUT2D eigenvalue weighted by molar-refractivity contribution is 9.10. The van der Waals surface area contributed by atoms with Crippen LogP contribution in [0.4, 0.5) is 5.69 Å². The normalized spacial score (nSPS) is 11.9. The van der Waals surface area contributed by atoms with Gasteiger partial charge in [-0.05, 0) is 49.1 Å². The first-order valence-electron chi connectivity index (χ1n) is 6.39. The smallest absolute Gasteiger partial charge is 0.242 e. The molecule has 2 rings (SSSR count). The van der Waals surface area contributed by atoms with E-state index in [4.69, 9.17) is 0 Å². The van der Waals surface area contributed by atoms with E-state index < -0.39 is 0 Å². The van der Waals surface area contributed by atoms with Crippen LogP contribution in [0.15, 0.2) is 40.2 Å². The first-order valence-corrected chi connectivity index (χ1v) is 8.06. The highest BCUT2D eigenvalue weighted by atomic mass is 79.9. The van der Waals surface area contributed by atoms with E-state index in [-0.39, 0.29) is 11.9 Å². The maximum Gasteiger partial charge on any atom is 0.242 e. The van der Waals surface area contributed by atoms with Crippen LogP contribution in [-0.2, 0) is 11.3 Å². The molecule has 0 bridgehead atoms. The Bertz CT molecular complexity index is 584. The zero-order valence-electron chi connectivity index (χ0n) is 11.4. The molecule has 0 radical (unpaired) electrons. The van der Waals surface area contributed by atoms with Crippen LogP contribution in [-0.4, -0.2) is 11.9 Å². The number of aryl methyl sites for hydroxylation is 1. The Balaban J connectivity index is 1.88. The third kappa shape index (κ3) is 4.08. The topological polar surface area (TPSA) is 41.1 Å². The summed E-state index contributed by atoms with van der Waals surface area (Å²) in [5, 5.41) is 8.15. The van der Waals surface area contributed by atoms with Gasteiger partial charge in [0, 0.05) is 15.0 Å². The van der Waals surface area contributed by atoms with Crippen LogP contribution in [0.5, 0.6) is 0 Å². The minimum atomic E-state index is -0.268. The van der Waals surface area contributed by atoms with Gasteiger partial charge < -0.3 is 10.6 Å². The monoisotopic (exact) mass is 352 g/mol. The molecule has 0 aliphatic heterocycles. The molecule has 0 aliphatic carbocycles. The van der Waals surface area contributed by atoms with E-state index in [0.29, 0.717) is 6.54 Å². The van der Waals surface area contributed by atoms with E-state index in [1.54, 1.807) is 11.3 Å². The molecule has 0 fully saturated rings. The van der Waals surface area contributed by atoms with Crippen molar-refractivity contribution in [2.75, 3.05) is 5.32 Å². The molecule has 1 unspecified atom stereocenters. The van der Waals surface area contributed by atoms with Crippen molar-refractivity contribution in [3.05, 3.63) is 50.6 Å². The van der Waals surface area contributed by atoms with E-state index in [2.05, 4.69) is 26.6 Å². The molecule has 1 heterocycles. The second kappa shape index (κ2) is 6.90. The molecule has 2 aromatic rings. The molecular weight excluding hydrogens is 336 g/mol. The van der Waals surface area contributed by atoms with Gasteiger partial charge in [0.2, 0.25) is 5.91 Å². The number of carbonyl (C=O) groups is 1. The van der Waals surface area contributed by atoms with Gasteiger partial charge in [-0.2, -0.15) is 0 Å². The Labute approximate surface area is 131 Å². The summed E-state index contributed by atoms with van der Waals surface area (Å²) in [4.78, 5) is 13.2. The first-order chi connectivity index (χ1) is 9.56. The van der Waals surface area contributed by atoms with Crippen LogP contribution in [0.25, 0.3) is 0 Å². The summed E-state index contributed by atoms with van der Waals surface area (Å²) in [6, 6.07) is 9.69. The van der Waals surface area contributed by atoms with E-state index in [1.165, 1.54) is 0 Å². The molecule has 5 heteroatoms. The van der Waals surface area contributed by atoms with E-state index >= 15 is 0 Å². The van der Waals surface area contributed by atoms with Gasteiger partial charge in [-0.3, -0.25) is 4.79 Å². The molecular formula is C15H17BrN2OS. The van der Waals surface area contributed by atoms with Gasteiger partial charge in [0.25, 0.3) is 0 Å². The SMILES string of the molecule is Cc1cc(NC(C)C(=O)NCc2cccs2)ccc1Br. The highest BCUT2D eigenvalue weighted by Crippen LogP contribution is 2.20. The Kier molecular flexibility index (Phi) is 5.20. The minimum Gasteiger partial charge on any atom is -0.374 e. The number of hydrogen-bond acceptors (Lipinski definition) is 3. The summed E-state index contributed by atoms with van der Waals surface area (Å²) in [5.74, 6) is -0.000952. The van der Waals surface area contributed by atoms with Gasteiger partial charge in [0.1, 0.15) is 6.04 Å². The Hall–Kier alpha value is -1.33. The summed E-state index contributed by atoms with van der Waals surface area (Å²) in [6.07, 6.45) is 0. The number of halogens is 1. The van der Waals surface area contributed by atoms with Crippen LogP contribution >= 0.6 is 27.3 Å². The summed E-state index contributed by atoms with van der Waals surface area (Å²) >= 11 is 5.11. The predicted octanol–water partition coefficient (Wildman–Crippen LogP) is 3.94. The fourth-order valence-corrected chi connectivity index (χ4v) is 2.68. The molecule has 20 heavy (non-hydrogen) atoms. The van der Waals surface area contributed by atoms with Gasteiger partial charge in [-0.15, -0.1) is 11.3 Å². The lowest BCUT2D eigenvalue weighted by Gasteiger charge is -2.15. The van der Waals surface area contributed by atoms with Gasteiger partial charge in [-0.1, -0.05) is 22.0 Å². The molecule has 106 valence electrons. The van der Waals surface area contributed by atoms with Gasteiger partial charge in [0.15, 0.2) is 0 Å². The molecule has 1 aromatic carbocycles. The molecule has 3 nitrogen and oxygen atoms in total. The molecule has 0 aliphatic rings. The maximum absolute atomic E-state index is 12.0. The van der Waals surface area contributed by atoms with Crippen LogP contribution in [0.1, 0.15) is 17.4 Å². The standard InChI is InChI=1S/C15H17BrN2OS/c1-10-8-12(5-6-14(10)16)18-11(2)15(19)17-9-13-4-3-7-20-13/h3-8,11,18H,9H2,1-2H3,(H,17,19). The zero-order valence-corrected chi connectivity index (χ0v) is 13.8. The summed E-state index contributed by atoms with van der Waals surface area (Å²) in [6.45, 7) is 4.47. The lowest BCUT2D eigenvalue weighted by molar-refractivity contribution is -0.121. The van der Waals surface area contributed by atoms with Crippen LogP contribution < -0.4 is 10.6 Å². The zero-order chi connectivity index (χ0) is 14.5. The number of amides is 1. The lowest BCUT2D eigenvalue weighted by Crippen LogP contribution is -2.37. The number of hydrogen-bond donors (Lipinski definition) is 2. The Morgan fingerprint density at radius 1 is 1.40 bits per heavy atom. The van der Waals surface area contributed by atoms with E-state index in [9.17, 15) is 4.79 Å². The molecule has 2 N–H and O–H groups in total. The third-order valence-electron chi connectivity index (χ3n) is 2.95. The minimum absolute atomic E-state index is 0.000952. The van der Waals surface area contributed by atoms with Crippen LogP contribution in [0.3, 0.4) is 0 Å². The quantitative estimate of drug-likeness (QED) is 0.855. The molecule has 1 atom stereocenters. The van der Waals surface area contributed by atoms with Crippen molar-refractivity contribution in [3.63, 3.8) is 0 Å². The Morgan fingerprint density at radius 2 is 2.20 bits per heavy atom. The largest absolute Gasteiger partial charge is 0.374 e. The molecule has 1 aromatic heterocycles. The van der Waals surface area contributed by atoms with Gasteiger partial charge in [0.05, 0.1) is 6.54 Å². The average Bonchev–Trinajstić information content (AvgIpc) is 2.93.